The van der Waals surface area contributed by atoms with Crippen molar-refractivity contribution in [3.63, 3.8) is 0 Å². The van der Waals surface area contributed by atoms with Gasteiger partial charge in [0.1, 0.15) is 11.3 Å². The maximum atomic E-state index is 12.9. The number of carbonyl (C=O) groups is 4. The molecule has 28 heavy (non-hydrogen) atoms. The van der Waals surface area contributed by atoms with Gasteiger partial charge in [-0.1, -0.05) is 24.3 Å². The highest BCUT2D eigenvalue weighted by molar-refractivity contribution is 6.45. The quantitative estimate of drug-likeness (QED) is 0.289. The number of rotatable bonds is 5. The van der Waals surface area contributed by atoms with Gasteiger partial charge in [-0.25, -0.2) is 14.4 Å². The minimum atomic E-state index is -1.13. The molecule has 3 aromatic rings. The molecule has 0 aliphatic rings. The van der Waals surface area contributed by atoms with Crippen LogP contribution in [0, 0.1) is 0 Å². The largest absolute Gasteiger partial charge is 0.465 e. The Morgan fingerprint density at radius 1 is 0.929 bits per heavy atom. The third-order valence-corrected chi connectivity index (χ3v) is 4.28. The Morgan fingerprint density at radius 3 is 2.25 bits per heavy atom. The zero-order valence-corrected chi connectivity index (χ0v) is 15.5. The van der Waals surface area contributed by atoms with Gasteiger partial charge in [0.2, 0.25) is 0 Å². The first kappa shape index (κ1) is 19.1. The van der Waals surface area contributed by atoms with Gasteiger partial charge in [0.05, 0.1) is 31.9 Å². The second-order valence-corrected chi connectivity index (χ2v) is 5.75. The molecule has 3 rings (SSSR count). The summed E-state index contributed by atoms with van der Waals surface area (Å²) in [5.41, 5.74) is -0.592. The van der Waals surface area contributed by atoms with Crippen molar-refractivity contribution < 1.29 is 33.4 Å². The Labute approximate surface area is 159 Å². The van der Waals surface area contributed by atoms with E-state index in [-0.39, 0.29) is 28.9 Å². The molecule has 8 heteroatoms. The number of hydrogen-bond donors (Lipinski definition) is 0. The van der Waals surface area contributed by atoms with Crippen LogP contribution in [0.2, 0.25) is 0 Å². The molecule has 0 spiro atoms. The average molecular weight is 383 g/mol. The number of ether oxygens (including phenoxy) is 3. The topological polar surface area (TPSA) is 100 Å². The molecule has 0 bridgehead atoms. The molecule has 0 atom stereocenters. The van der Waals surface area contributed by atoms with Crippen molar-refractivity contribution in [2.75, 3.05) is 20.8 Å². The molecular weight excluding hydrogens is 366 g/mol. The molecule has 0 radical (unpaired) electrons. The van der Waals surface area contributed by atoms with Gasteiger partial charge in [0.25, 0.3) is 5.78 Å². The fourth-order valence-corrected chi connectivity index (χ4v) is 3.13. The van der Waals surface area contributed by atoms with Crippen LogP contribution < -0.4 is 0 Å². The third-order valence-electron chi connectivity index (χ3n) is 4.28. The van der Waals surface area contributed by atoms with Crippen LogP contribution >= 0.6 is 0 Å². The summed E-state index contributed by atoms with van der Waals surface area (Å²) in [6.07, 6.45) is 1.53. The predicted molar refractivity (Wildman–Crippen MR) is 98.5 cm³/mol. The summed E-state index contributed by atoms with van der Waals surface area (Å²) in [4.78, 5) is 50.1. The average Bonchev–Trinajstić information content (AvgIpc) is 3.07. The van der Waals surface area contributed by atoms with Crippen LogP contribution in [0.15, 0.2) is 36.5 Å². The highest BCUT2D eigenvalue weighted by atomic mass is 16.5. The van der Waals surface area contributed by atoms with Crippen LogP contribution in [0.1, 0.15) is 38.1 Å². The second-order valence-electron chi connectivity index (χ2n) is 5.75. The van der Waals surface area contributed by atoms with Crippen LogP contribution in [0.25, 0.3) is 16.3 Å². The summed E-state index contributed by atoms with van der Waals surface area (Å²) in [5, 5.41) is 1.32. The molecule has 1 aromatic carbocycles. The summed E-state index contributed by atoms with van der Waals surface area (Å²) in [7, 11) is 2.26. The van der Waals surface area contributed by atoms with E-state index in [0.717, 1.165) is 19.6 Å². The fourth-order valence-electron chi connectivity index (χ4n) is 3.13. The van der Waals surface area contributed by atoms with Crippen LogP contribution in [-0.4, -0.2) is 48.9 Å². The lowest BCUT2D eigenvalue weighted by Gasteiger charge is -2.05. The summed E-state index contributed by atoms with van der Waals surface area (Å²) in [5.74, 6) is -3.98. The standard InChI is InChI=1S/C20H17NO7/c1-4-28-20(25)17(22)13-14(18(23)26-2)16(19(24)27-3)21-10-9-11-7-5-6-8-12(11)15(13)21/h5-10H,4H2,1-3H3. The van der Waals surface area contributed by atoms with Crippen LogP contribution in [0.3, 0.4) is 0 Å². The summed E-state index contributed by atoms with van der Waals surface area (Å²) < 4.78 is 15.7. The molecule has 144 valence electrons. The van der Waals surface area contributed by atoms with Crippen LogP contribution in [0.4, 0.5) is 0 Å². The van der Waals surface area contributed by atoms with E-state index in [9.17, 15) is 19.2 Å². The molecular formula is C20H17NO7. The smallest absolute Gasteiger partial charge is 0.379 e. The highest BCUT2D eigenvalue weighted by Crippen LogP contribution is 2.32. The van der Waals surface area contributed by atoms with Crippen LogP contribution in [-0.2, 0) is 19.0 Å². The highest BCUT2D eigenvalue weighted by Gasteiger charge is 2.36. The SMILES string of the molecule is CCOC(=O)C(=O)c1c(C(=O)OC)c(C(=O)OC)n2ccc3ccccc3c12. The van der Waals surface area contributed by atoms with E-state index in [1.807, 2.05) is 0 Å². The lowest BCUT2D eigenvalue weighted by Crippen LogP contribution is -2.21. The molecule has 0 amide bonds. The normalized spacial score (nSPS) is 10.7. The molecule has 0 aliphatic heterocycles. The van der Waals surface area contributed by atoms with Crippen molar-refractivity contribution in [2.24, 2.45) is 0 Å². The number of Topliss-reactive ketones (excluding diaryl/α,β-unsaturated/α-hetero) is 1. The van der Waals surface area contributed by atoms with Crippen molar-refractivity contribution in [1.29, 1.82) is 0 Å². The molecule has 2 aromatic heterocycles. The van der Waals surface area contributed by atoms with Gasteiger partial charge in [-0.2, -0.15) is 0 Å². The first-order chi connectivity index (χ1) is 13.5. The van der Waals surface area contributed by atoms with Gasteiger partial charge < -0.3 is 18.6 Å². The number of pyridine rings is 1. The van der Waals surface area contributed by atoms with E-state index in [1.165, 1.54) is 10.6 Å². The van der Waals surface area contributed by atoms with Crippen molar-refractivity contribution in [2.45, 2.75) is 6.92 Å². The molecule has 0 fully saturated rings. The number of aromatic nitrogens is 1. The lowest BCUT2D eigenvalue weighted by molar-refractivity contribution is -0.137. The number of hydrogen-bond acceptors (Lipinski definition) is 7. The Kier molecular flexibility index (Phi) is 5.12. The summed E-state index contributed by atoms with van der Waals surface area (Å²) >= 11 is 0. The number of carbonyl (C=O) groups excluding carboxylic acids is 4. The van der Waals surface area contributed by atoms with E-state index in [1.54, 1.807) is 37.3 Å². The van der Waals surface area contributed by atoms with Crippen molar-refractivity contribution in [3.05, 3.63) is 53.3 Å². The van der Waals surface area contributed by atoms with Crippen molar-refractivity contribution in [1.82, 2.24) is 4.40 Å². The zero-order chi connectivity index (χ0) is 20.4. The van der Waals surface area contributed by atoms with Gasteiger partial charge >= 0.3 is 17.9 Å². The molecule has 0 unspecified atom stereocenters. The Hall–Kier alpha value is -3.68. The Morgan fingerprint density at radius 2 is 1.61 bits per heavy atom. The minimum absolute atomic E-state index is 0.0193. The van der Waals surface area contributed by atoms with Gasteiger partial charge in [0.15, 0.2) is 0 Å². The molecule has 0 saturated heterocycles. The number of ketones is 1. The van der Waals surface area contributed by atoms with E-state index in [0.29, 0.717) is 5.39 Å². The summed E-state index contributed by atoms with van der Waals surface area (Å²) in [6.45, 7) is 1.54. The van der Waals surface area contributed by atoms with Crippen molar-refractivity contribution in [3.8, 4) is 0 Å². The lowest BCUT2D eigenvalue weighted by atomic mass is 10.0. The van der Waals surface area contributed by atoms with Gasteiger partial charge in [-0.3, -0.25) is 4.79 Å². The maximum Gasteiger partial charge on any atom is 0.379 e. The minimum Gasteiger partial charge on any atom is -0.465 e. The van der Waals surface area contributed by atoms with E-state index in [2.05, 4.69) is 0 Å². The number of fused-ring (bicyclic) bond motifs is 3. The number of esters is 3. The van der Waals surface area contributed by atoms with E-state index >= 15 is 0 Å². The Bertz CT molecular complexity index is 1130. The molecule has 0 N–H and O–H groups in total. The Balaban J connectivity index is 2.54. The van der Waals surface area contributed by atoms with Gasteiger partial charge in [-0.15, -0.1) is 0 Å². The molecule has 8 nitrogen and oxygen atoms in total. The predicted octanol–water partition coefficient (Wildman–Crippen LogP) is 2.41. The number of benzene rings is 1. The van der Waals surface area contributed by atoms with Crippen molar-refractivity contribution >= 4 is 40.0 Å². The molecule has 2 heterocycles. The fraction of sp³-hybridized carbons (Fsp3) is 0.200. The first-order valence-corrected chi connectivity index (χ1v) is 8.40. The van der Waals surface area contributed by atoms with Gasteiger partial charge in [0, 0.05) is 11.6 Å². The monoisotopic (exact) mass is 383 g/mol. The number of methoxy groups -OCH3 is 2. The third kappa shape index (κ3) is 2.88. The van der Waals surface area contributed by atoms with E-state index in [4.69, 9.17) is 14.2 Å². The maximum absolute atomic E-state index is 12.9. The zero-order valence-electron chi connectivity index (χ0n) is 15.5. The van der Waals surface area contributed by atoms with Crippen LogP contribution in [0.5, 0.6) is 0 Å². The molecule has 0 saturated carbocycles. The molecule has 0 aliphatic carbocycles. The first-order valence-electron chi connectivity index (χ1n) is 8.40. The van der Waals surface area contributed by atoms with E-state index < -0.39 is 23.7 Å². The second kappa shape index (κ2) is 7.51. The number of nitrogens with zero attached hydrogens (tertiary/aromatic N) is 1. The van der Waals surface area contributed by atoms with Gasteiger partial charge in [-0.05, 0) is 18.4 Å². The summed E-state index contributed by atoms with van der Waals surface area (Å²) in [6, 6.07) is 8.78.